The Morgan fingerprint density at radius 1 is 1.14 bits per heavy atom. The monoisotopic (exact) mass is 296 g/mol. The van der Waals surface area contributed by atoms with Crippen molar-refractivity contribution in [1.82, 2.24) is 10.2 Å². The van der Waals surface area contributed by atoms with Crippen LogP contribution in [0.3, 0.4) is 0 Å². The van der Waals surface area contributed by atoms with E-state index in [0.29, 0.717) is 30.3 Å². The van der Waals surface area contributed by atoms with Crippen molar-refractivity contribution in [3.8, 4) is 17.2 Å². The third-order valence-electron chi connectivity index (χ3n) is 3.30. The van der Waals surface area contributed by atoms with Crippen molar-refractivity contribution in [2.75, 3.05) is 41.5 Å². The molecule has 0 atom stereocenters. The molecule has 0 bridgehead atoms. The number of carbonyl (C=O) groups excluding carboxylic acids is 1. The maximum Gasteiger partial charge on any atom is 0.236 e. The van der Waals surface area contributed by atoms with E-state index in [-0.39, 0.29) is 12.5 Å². The zero-order chi connectivity index (χ0) is 15.8. The van der Waals surface area contributed by atoms with Crippen molar-refractivity contribution in [3.63, 3.8) is 0 Å². The number of nitrogens with zero attached hydrogens (tertiary/aromatic N) is 1. The minimum absolute atomic E-state index is 0.0453. The third kappa shape index (κ3) is 4.53. The summed E-state index contributed by atoms with van der Waals surface area (Å²) in [6.45, 7) is 3.37. The highest BCUT2D eigenvalue weighted by Crippen LogP contribution is 2.33. The molecule has 1 aromatic rings. The van der Waals surface area contributed by atoms with Gasteiger partial charge in [-0.25, -0.2) is 0 Å². The molecule has 0 unspecified atom stereocenters. The third-order valence-corrected chi connectivity index (χ3v) is 3.30. The first-order valence-electron chi connectivity index (χ1n) is 6.80. The van der Waals surface area contributed by atoms with Crippen LogP contribution in [0.1, 0.15) is 12.5 Å². The molecule has 0 radical (unpaired) electrons. The molecule has 118 valence electrons. The highest BCUT2D eigenvalue weighted by molar-refractivity contribution is 5.77. The Balaban J connectivity index is 2.80. The summed E-state index contributed by atoms with van der Waals surface area (Å²) in [7, 11) is 6.55. The van der Waals surface area contributed by atoms with E-state index in [1.54, 1.807) is 45.4 Å². The summed E-state index contributed by atoms with van der Waals surface area (Å²) in [6.07, 6.45) is 0. The average molecular weight is 296 g/mol. The van der Waals surface area contributed by atoms with Crippen LogP contribution in [0.2, 0.25) is 0 Å². The molecule has 6 nitrogen and oxygen atoms in total. The van der Waals surface area contributed by atoms with Crippen LogP contribution in [0.15, 0.2) is 12.1 Å². The van der Waals surface area contributed by atoms with Crippen LogP contribution in [0, 0.1) is 0 Å². The number of benzene rings is 1. The van der Waals surface area contributed by atoms with Crippen molar-refractivity contribution < 1.29 is 19.0 Å². The van der Waals surface area contributed by atoms with Gasteiger partial charge in [-0.2, -0.15) is 0 Å². The molecule has 0 spiro atoms. The number of carbonyl (C=O) groups is 1. The molecule has 21 heavy (non-hydrogen) atoms. The van der Waals surface area contributed by atoms with Gasteiger partial charge in [0.25, 0.3) is 0 Å². The van der Waals surface area contributed by atoms with E-state index in [2.05, 4.69) is 5.32 Å². The average Bonchev–Trinajstić information content (AvgIpc) is 2.53. The second kappa shape index (κ2) is 8.36. The molecule has 0 saturated heterocycles. The first-order valence-corrected chi connectivity index (χ1v) is 6.80. The SMILES string of the molecule is CCN(C)C(=O)CNCc1c(OC)cc(OC)cc1OC. The Hall–Kier alpha value is -1.95. The number of rotatable bonds is 8. The topological polar surface area (TPSA) is 60.0 Å². The molecule has 6 heteroatoms. The van der Waals surface area contributed by atoms with Crippen molar-refractivity contribution in [1.29, 1.82) is 0 Å². The maximum absolute atomic E-state index is 11.8. The maximum atomic E-state index is 11.8. The quantitative estimate of drug-likeness (QED) is 0.783. The van der Waals surface area contributed by atoms with Gasteiger partial charge in [-0.15, -0.1) is 0 Å². The van der Waals surface area contributed by atoms with Gasteiger partial charge < -0.3 is 24.4 Å². The predicted molar refractivity (Wildman–Crippen MR) is 81.1 cm³/mol. The molecule has 0 fully saturated rings. The fraction of sp³-hybridized carbons (Fsp3) is 0.533. The number of hydrogen-bond acceptors (Lipinski definition) is 5. The van der Waals surface area contributed by atoms with Crippen LogP contribution < -0.4 is 19.5 Å². The number of amides is 1. The summed E-state index contributed by atoms with van der Waals surface area (Å²) in [4.78, 5) is 13.4. The molecule has 1 N–H and O–H groups in total. The number of methoxy groups -OCH3 is 3. The van der Waals surface area contributed by atoms with E-state index < -0.39 is 0 Å². The van der Waals surface area contributed by atoms with Gasteiger partial charge in [0.1, 0.15) is 17.2 Å². The second-order valence-corrected chi connectivity index (χ2v) is 4.52. The predicted octanol–water partition coefficient (Wildman–Crippen LogP) is 1.28. The minimum Gasteiger partial charge on any atom is -0.496 e. The molecular formula is C15H24N2O4. The number of likely N-dealkylation sites (N-methyl/N-ethyl adjacent to an activating group) is 1. The number of nitrogens with one attached hydrogen (secondary N) is 1. The van der Waals surface area contributed by atoms with E-state index in [0.717, 1.165) is 5.56 Å². The molecule has 0 aromatic heterocycles. The van der Waals surface area contributed by atoms with Crippen LogP contribution in [-0.2, 0) is 11.3 Å². The summed E-state index contributed by atoms with van der Waals surface area (Å²) in [5.41, 5.74) is 0.854. The van der Waals surface area contributed by atoms with Gasteiger partial charge in [0.05, 0.1) is 33.4 Å². The summed E-state index contributed by atoms with van der Waals surface area (Å²) < 4.78 is 15.9. The van der Waals surface area contributed by atoms with Crippen molar-refractivity contribution in [3.05, 3.63) is 17.7 Å². The molecule has 1 aromatic carbocycles. The van der Waals surface area contributed by atoms with Gasteiger partial charge in [0.2, 0.25) is 5.91 Å². The van der Waals surface area contributed by atoms with Crippen molar-refractivity contribution in [2.45, 2.75) is 13.5 Å². The van der Waals surface area contributed by atoms with E-state index in [1.807, 2.05) is 6.92 Å². The molecular weight excluding hydrogens is 272 g/mol. The molecule has 0 heterocycles. The minimum atomic E-state index is 0.0453. The van der Waals surface area contributed by atoms with Crippen molar-refractivity contribution >= 4 is 5.91 Å². The van der Waals surface area contributed by atoms with Crippen LogP contribution in [0.25, 0.3) is 0 Å². The molecule has 0 aliphatic heterocycles. The van der Waals surface area contributed by atoms with E-state index in [9.17, 15) is 4.79 Å². The summed E-state index contributed by atoms with van der Waals surface area (Å²) in [6, 6.07) is 3.58. The second-order valence-electron chi connectivity index (χ2n) is 4.52. The zero-order valence-electron chi connectivity index (χ0n) is 13.4. The Labute approximate surface area is 126 Å². The van der Waals surface area contributed by atoms with Gasteiger partial charge in [0, 0.05) is 32.3 Å². The largest absolute Gasteiger partial charge is 0.496 e. The van der Waals surface area contributed by atoms with Crippen LogP contribution in [-0.4, -0.2) is 52.3 Å². The van der Waals surface area contributed by atoms with Gasteiger partial charge in [-0.3, -0.25) is 4.79 Å². The highest BCUT2D eigenvalue weighted by Gasteiger charge is 2.14. The summed E-state index contributed by atoms with van der Waals surface area (Å²) in [5.74, 6) is 2.03. The summed E-state index contributed by atoms with van der Waals surface area (Å²) in [5, 5.41) is 3.11. The zero-order valence-corrected chi connectivity index (χ0v) is 13.4. The number of ether oxygens (including phenoxy) is 3. The lowest BCUT2D eigenvalue weighted by Crippen LogP contribution is -2.35. The molecule has 0 aliphatic carbocycles. The Bertz CT molecular complexity index is 452. The first-order chi connectivity index (χ1) is 10.1. The lowest BCUT2D eigenvalue weighted by atomic mass is 10.1. The van der Waals surface area contributed by atoms with Crippen molar-refractivity contribution in [2.24, 2.45) is 0 Å². The fourth-order valence-corrected chi connectivity index (χ4v) is 1.86. The van der Waals surface area contributed by atoms with Gasteiger partial charge in [-0.05, 0) is 6.92 Å². The smallest absolute Gasteiger partial charge is 0.236 e. The van der Waals surface area contributed by atoms with E-state index >= 15 is 0 Å². The summed E-state index contributed by atoms with van der Waals surface area (Å²) >= 11 is 0. The van der Waals surface area contributed by atoms with Gasteiger partial charge in [0.15, 0.2) is 0 Å². The molecule has 1 rings (SSSR count). The Kier molecular flexibility index (Phi) is 6.81. The van der Waals surface area contributed by atoms with Crippen LogP contribution in [0.5, 0.6) is 17.2 Å². The Morgan fingerprint density at radius 2 is 1.71 bits per heavy atom. The standard InChI is InChI=1S/C15H24N2O4/c1-6-17(2)15(18)10-16-9-12-13(20-4)7-11(19-3)8-14(12)21-5/h7-8,16H,6,9-10H2,1-5H3. The molecule has 0 saturated carbocycles. The molecule has 1 amide bonds. The Morgan fingerprint density at radius 3 is 2.14 bits per heavy atom. The lowest BCUT2D eigenvalue weighted by Gasteiger charge is -2.17. The van der Waals surface area contributed by atoms with E-state index in [4.69, 9.17) is 14.2 Å². The first kappa shape index (κ1) is 17.1. The molecule has 0 aliphatic rings. The highest BCUT2D eigenvalue weighted by atomic mass is 16.5. The number of hydrogen-bond donors (Lipinski definition) is 1. The fourth-order valence-electron chi connectivity index (χ4n) is 1.86. The normalized spacial score (nSPS) is 10.1. The van der Waals surface area contributed by atoms with Crippen LogP contribution in [0.4, 0.5) is 0 Å². The van der Waals surface area contributed by atoms with Crippen LogP contribution >= 0.6 is 0 Å². The lowest BCUT2D eigenvalue weighted by molar-refractivity contribution is -0.128. The van der Waals surface area contributed by atoms with Gasteiger partial charge in [-0.1, -0.05) is 0 Å². The van der Waals surface area contributed by atoms with Gasteiger partial charge >= 0.3 is 0 Å². The van der Waals surface area contributed by atoms with E-state index in [1.165, 1.54) is 0 Å².